The van der Waals surface area contributed by atoms with Crippen LogP contribution in [-0.4, -0.2) is 6.04 Å². The Morgan fingerprint density at radius 2 is 2.14 bits per heavy atom. The normalized spacial score (nSPS) is 39.6. The van der Waals surface area contributed by atoms with Crippen LogP contribution in [0.1, 0.15) is 30.4 Å². The van der Waals surface area contributed by atoms with Gasteiger partial charge < -0.3 is 5.73 Å². The molecule has 0 amide bonds. The summed E-state index contributed by atoms with van der Waals surface area (Å²) in [5, 5.41) is 0. The van der Waals surface area contributed by atoms with E-state index in [-0.39, 0.29) is 0 Å². The SMILES string of the molecule is Cc1ccccc1C12CCC(C1)C2N. The van der Waals surface area contributed by atoms with Crippen LogP contribution in [0.5, 0.6) is 0 Å². The molecule has 3 saturated carbocycles. The molecular formula is C13H17N. The topological polar surface area (TPSA) is 26.0 Å². The summed E-state index contributed by atoms with van der Waals surface area (Å²) < 4.78 is 0. The zero-order chi connectivity index (χ0) is 9.76. The first-order chi connectivity index (χ1) is 6.74. The second-order valence-electron chi connectivity index (χ2n) is 5.00. The summed E-state index contributed by atoms with van der Waals surface area (Å²) in [7, 11) is 0. The number of benzene rings is 1. The van der Waals surface area contributed by atoms with Crippen molar-refractivity contribution in [2.45, 2.75) is 37.6 Å². The zero-order valence-electron chi connectivity index (χ0n) is 8.66. The van der Waals surface area contributed by atoms with Crippen molar-refractivity contribution in [3.05, 3.63) is 35.4 Å². The van der Waals surface area contributed by atoms with Gasteiger partial charge in [0.25, 0.3) is 0 Å². The molecule has 0 radical (unpaired) electrons. The summed E-state index contributed by atoms with van der Waals surface area (Å²) >= 11 is 0. The van der Waals surface area contributed by atoms with Crippen molar-refractivity contribution < 1.29 is 0 Å². The molecule has 2 bridgehead atoms. The van der Waals surface area contributed by atoms with Gasteiger partial charge in [0.2, 0.25) is 0 Å². The Morgan fingerprint density at radius 3 is 2.71 bits per heavy atom. The molecular weight excluding hydrogens is 170 g/mol. The van der Waals surface area contributed by atoms with Crippen molar-refractivity contribution in [2.24, 2.45) is 11.7 Å². The molecule has 3 atom stereocenters. The lowest BCUT2D eigenvalue weighted by Crippen LogP contribution is -2.54. The van der Waals surface area contributed by atoms with Crippen LogP contribution in [0, 0.1) is 12.8 Å². The third kappa shape index (κ3) is 0.838. The molecule has 3 fully saturated rings. The number of hydrogen-bond acceptors (Lipinski definition) is 1. The highest BCUT2D eigenvalue weighted by Gasteiger charge is 2.58. The van der Waals surface area contributed by atoms with E-state index in [1.54, 1.807) is 0 Å². The molecule has 0 aliphatic heterocycles. The number of rotatable bonds is 1. The number of aryl methyl sites for hydroxylation is 1. The Labute approximate surface area is 85.3 Å². The quantitative estimate of drug-likeness (QED) is 0.717. The maximum Gasteiger partial charge on any atom is 0.0165 e. The Bertz CT molecular complexity index is 367. The van der Waals surface area contributed by atoms with Crippen LogP contribution < -0.4 is 5.73 Å². The van der Waals surface area contributed by atoms with E-state index in [9.17, 15) is 0 Å². The van der Waals surface area contributed by atoms with Gasteiger partial charge >= 0.3 is 0 Å². The van der Waals surface area contributed by atoms with Gasteiger partial charge in [-0.2, -0.15) is 0 Å². The molecule has 0 saturated heterocycles. The summed E-state index contributed by atoms with van der Waals surface area (Å²) in [6, 6.07) is 9.18. The van der Waals surface area contributed by atoms with E-state index >= 15 is 0 Å². The molecule has 3 aliphatic rings. The average molecular weight is 187 g/mol. The smallest absolute Gasteiger partial charge is 0.0165 e. The second-order valence-corrected chi connectivity index (χ2v) is 5.00. The summed E-state index contributed by atoms with van der Waals surface area (Å²) in [5.41, 5.74) is 9.56. The fraction of sp³-hybridized carbons (Fsp3) is 0.538. The lowest BCUT2D eigenvalue weighted by molar-refractivity contribution is 0.188. The largest absolute Gasteiger partial charge is 0.327 e. The highest BCUT2D eigenvalue weighted by molar-refractivity contribution is 5.40. The predicted octanol–water partition coefficient (Wildman–Crippen LogP) is 2.37. The maximum absolute atomic E-state index is 6.26. The van der Waals surface area contributed by atoms with Crippen molar-refractivity contribution in [1.82, 2.24) is 0 Å². The van der Waals surface area contributed by atoms with Crippen molar-refractivity contribution in [3.8, 4) is 0 Å². The van der Waals surface area contributed by atoms with Crippen LogP contribution in [0.15, 0.2) is 24.3 Å². The Kier molecular flexibility index (Phi) is 1.58. The van der Waals surface area contributed by atoms with Gasteiger partial charge in [-0.05, 0) is 43.2 Å². The molecule has 1 aromatic rings. The van der Waals surface area contributed by atoms with E-state index in [0.29, 0.717) is 11.5 Å². The molecule has 2 N–H and O–H groups in total. The van der Waals surface area contributed by atoms with E-state index in [0.717, 1.165) is 5.92 Å². The lowest BCUT2D eigenvalue weighted by atomic mass is 9.61. The van der Waals surface area contributed by atoms with Gasteiger partial charge in [-0.3, -0.25) is 0 Å². The van der Waals surface area contributed by atoms with Crippen LogP contribution >= 0.6 is 0 Å². The average Bonchev–Trinajstić information content (AvgIpc) is 2.76. The first-order valence-corrected chi connectivity index (χ1v) is 5.56. The molecule has 1 nitrogen and oxygen atoms in total. The van der Waals surface area contributed by atoms with Gasteiger partial charge in [0, 0.05) is 11.5 Å². The summed E-state index contributed by atoms with van der Waals surface area (Å²) in [4.78, 5) is 0. The Balaban J connectivity index is 2.07. The number of fused-ring (bicyclic) bond motifs is 1. The fourth-order valence-corrected chi connectivity index (χ4v) is 3.57. The minimum Gasteiger partial charge on any atom is -0.327 e. The molecule has 3 aliphatic carbocycles. The lowest BCUT2D eigenvalue weighted by Gasteiger charge is -2.46. The minimum atomic E-state index is 0.357. The molecule has 0 heterocycles. The predicted molar refractivity (Wildman–Crippen MR) is 58.2 cm³/mol. The van der Waals surface area contributed by atoms with Crippen molar-refractivity contribution in [1.29, 1.82) is 0 Å². The molecule has 14 heavy (non-hydrogen) atoms. The van der Waals surface area contributed by atoms with Gasteiger partial charge in [0.15, 0.2) is 0 Å². The molecule has 1 heteroatoms. The van der Waals surface area contributed by atoms with Gasteiger partial charge in [-0.25, -0.2) is 0 Å². The summed E-state index contributed by atoms with van der Waals surface area (Å²) in [5.74, 6) is 0.814. The van der Waals surface area contributed by atoms with Crippen LogP contribution in [0.3, 0.4) is 0 Å². The minimum absolute atomic E-state index is 0.357. The molecule has 3 unspecified atom stereocenters. The monoisotopic (exact) mass is 187 g/mol. The van der Waals surface area contributed by atoms with Gasteiger partial charge in [0.05, 0.1) is 0 Å². The van der Waals surface area contributed by atoms with E-state index < -0.39 is 0 Å². The first-order valence-electron chi connectivity index (χ1n) is 5.56. The third-order valence-corrected chi connectivity index (χ3v) is 4.42. The van der Waals surface area contributed by atoms with Crippen LogP contribution in [0.25, 0.3) is 0 Å². The van der Waals surface area contributed by atoms with Crippen LogP contribution in [-0.2, 0) is 5.41 Å². The van der Waals surface area contributed by atoms with E-state index in [4.69, 9.17) is 5.73 Å². The summed E-state index contributed by atoms with van der Waals surface area (Å²) in [6.45, 7) is 2.21. The highest BCUT2D eigenvalue weighted by Crippen LogP contribution is 2.59. The molecule has 74 valence electrons. The van der Waals surface area contributed by atoms with Crippen molar-refractivity contribution in [2.75, 3.05) is 0 Å². The Morgan fingerprint density at radius 1 is 1.36 bits per heavy atom. The number of nitrogens with two attached hydrogens (primary N) is 1. The van der Waals surface area contributed by atoms with Gasteiger partial charge in [0.1, 0.15) is 0 Å². The Hall–Kier alpha value is -0.820. The molecule has 4 rings (SSSR count). The van der Waals surface area contributed by atoms with E-state index in [2.05, 4.69) is 31.2 Å². The molecule has 0 spiro atoms. The fourth-order valence-electron chi connectivity index (χ4n) is 3.57. The van der Waals surface area contributed by atoms with E-state index in [1.807, 2.05) is 0 Å². The summed E-state index contributed by atoms with van der Waals surface area (Å²) in [6.07, 6.45) is 3.98. The van der Waals surface area contributed by atoms with Gasteiger partial charge in [-0.15, -0.1) is 0 Å². The second kappa shape index (κ2) is 2.60. The number of hydrogen-bond donors (Lipinski definition) is 1. The first kappa shape index (κ1) is 8.49. The third-order valence-electron chi connectivity index (χ3n) is 4.42. The maximum atomic E-state index is 6.26. The molecule has 0 aromatic heterocycles. The van der Waals surface area contributed by atoms with Crippen molar-refractivity contribution >= 4 is 0 Å². The van der Waals surface area contributed by atoms with Gasteiger partial charge in [-0.1, -0.05) is 24.3 Å². The zero-order valence-corrected chi connectivity index (χ0v) is 8.66. The molecule has 1 aromatic carbocycles. The van der Waals surface area contributed by atoms with Crippen molar-refractivity contribution in [3.63, 3.8) is 0 Å². The highest BCUT2D eigenvalue weighted by atomic mass is 14.8. The van der Waals surface area contributed by atoms with E-state index in [1.165, 1.54) is 30.4 Å². The standard InChI is InChI=1S/C13H17N/c1-9-4-2-3-5-11(9)13-7-6-10(8-13)12(13)14/h2-5,10,12H,6-8,14H2,1H3. The van der Waals surface area contributed by atoms with Crippen LogP contribution in [0.4, 0.5) is 0 Å². The van der Waals surface area contributed by atoms with Crippen LogP contribution in [0.2, 0.25) is 0 Å².